The van der Waals surface area contributed by atoms with Crippen molar-refractivity contribution >= 4 is 17.6 Å². The maximum Gasteiger partial charge on any atom is 0.225 e. The van der Waals surface area contributed by atoms with Gasteiger partial charge in [0, 0.05) is 24.9 Å². The molecule has 0 saturated heterocycles. The fourth-order valence-corrected chi connectivity index (χ4v) is 3.55. The SMILES string of the molecule is Cc1cccc(-n2nc(C)c(-c3ccccc3)c2NC(=O)CCCC(=O)NCC(C)C)c1. The molecule has 0 bridgehead atoms. The number of rotatable bonds is 9. The van der Waals surface area contributed by atoms with E-state index in [0.29, 0.717) is 31.1 Å². The number of carbonyl (C=O) groups is 2. The van der Waals surface area contributed by atoms with Crippen molar-refractivity contribution in [3.05, 3.63) is 65.9 Å². The molecular weight excluding hydrogens is 400 g/mol. The molecule has 0 saturated carbocycles. The number of anilines is 1. The molecule has 6 heteroatoms. The zero-order valence-corrected chi connectivity index (χ0v) is 19.3. The van der Waals surface area contributed by atoms with Crippen LogP contribution in [0.15, 0.2) is 54.6 Å². The fourth-order valence-electron chi connectivity index (χ4n) is 3.55. The third-order valence-electron chi connectivity index (χ3n) is 5.14. The van der Waals surface area contributed by atoms with Gasteiger partial charge in [-0.05, 0) is 49.4 Å². The van der Waals surface area contributed by atoms with Gasteiger partial charge < -0.3 is 10.6 Å². The van der Waals surface area contributed by atoms with Crippen LogP contribution in [0, 0.1) is 19.8 Å². The molecule has 1 heterocycles. The first-order valence-corrected chi connectivity index (χ1v) is 11.1. The Kier molecular flexibility index (Phi) is 7.82. The molecule has 6 nitrogen and oxygen atoms in total. The van der Waals surface area contributed by atoms with Gasteiger partial charge in [-0.2, -0.15) is 5.10 Å². The molecule has 32 heavy (non-hydrogen) atoms. The molecule has 0 aliphatic rings. The summed E-state index contributed by atoms with van der Waals surface area (Å²) in [5.41, 5.74) is 4.73. The van der Waals surface area contributed by atoms with E-state index in [2.05, 4.69) is 24.5 Å². The first kappa shape index (κ1) is 23.3. The van der Waals surface area contributed by atoms with Gasteiger partial charge in [0.2, 0.25) is 11.8 Å². The van der Waals surface area contributed by atoms with Gasteiger partial charge in [0.25, 0.3) is 0 Å². The summed E-state index contributed by atoms with van der Waals surface area (Å²) in [5.74, 6) is 0.905. The van der Waals surface area contributed by atoms with E-state index < -0.39 is 0 Å². The number of aromatic nitrogens is 2. The Bertz CT molecular complexity index is 1070. The van der Waals surface area contributed by atoms with Crippen molar-refractivity contribution in [3.8, 4) is 16.8 Å². The maximum absolute atomic E-state index is 12.8. The van der Waals surface area contributed by atoms with Gasteiger partial charge in [-0.1, -0.05) is 56.3 Å². The smallest absolute Gasteiger partial charge is 0.225 e. The quantitative estimate of drug-likeness (QED) is 0.497. The Morgan fingerprint density at radius 1 is 0.969 bits per heavy atom. The van der Waals surface area contributed by atoms with Gasteiger partial charge in [0.05, 0.1) is 11.4 Å². The molecule has 0 fully saturated rings. The molecule has 0 unspecified atom stereocenters. The number of aryl methyl sites for hydroxylation is 2. The number of amides is 2. The summed E-state index contributed by atoms with van der Waals surface area (Å²) in [5, 5.41) is 10.7. The summed E-state index contributed by atoms with van der Waals surface area (Å²) in [6.07, 6.45) is 1.09. The van der Waals surface area contributed by atoms with Crippen molar-refractivity contribution in [3.63, 3.8) is 0 Å². The topological polar surface area (TPSA) is 76.0 Å². The van der Waals surface area contributed by atoms with Crippen molar-refractivity contribution in [1.82, 2.24) is 15.1 Å². The monoisotopic (exact) mass is 432 g/mol. The van der Waals surface area contributed by atoms with Gasteiger partial charge in [-0.3, -0.25) is 9.59 Å². The van der Waals surface area contributed by atoms with E-state index in [1.807, 2.05) is 68.4 Å². The Morgan fingerprint density at radius 3 is 2.38 bits per heavy atom. The molecule has 0 aliphatic carbocycles. The first-order valence-electron chi connectivity index (χ1n) is 11.1. The molecule has 168 valence electrons. The van der Waals surface area contributed by atoms with Crippen molar-refractivity contribution in [1.29, 1.82) is 0 Å². The lowest BCUT2D eigenvalue weighted by atomic mass is 10.1. The zero-order valence-electron chi connectivity index (χ0n) is 19.3. The summed E-state index contributed by atoms with van der Waals surface area (Å²) in [4.78, 5) is 24.8. The average molecular weight is 433 g/mol. The van der Waals surface area contributed by atoms with E-state index >= 15 is 0 Å². The van der Waals surface area contributed by atoms with Gasteiger partial charge in [0.1, 0.15) is 5.82 Å². The van der Waals surface area contributed by atoms with Crippen LogP contribution in [-0.2, 0) is 9.59 Å². The molecule has 3 rings (SSSR count). The highest BCUT2D eigenvalue weighted by Crippen LogP contribution is 2.33. The normalized spacial score (nSPS) is 10.9. The highest BCUT2D eigenvalue weighted by atomic mass is 16.2. The second-order valence-corrected chi connectivity index (χ2v) is 8.53. The molecule has 2 amide bonds. The Balaban J connectivity index is 1.81. The Hall–Kier alpha value is -3.41. The lowest BCUT2D eigenvalue weighted by molar-refractivity contribution is -0.121. The van der Waals surface area contributed by atoms with Crippen molar-refractivity contribution in [2.24, 2.45) is 5.92 Å². The molecule has 3 aromatic rings. The van der Waals surface area contributed by atoms with Crippen LogP contribution in [0.3, 0.4) is 0 Å². The first-order chi connectivity index (χ1) is 15.3. The Labute approximate surface area is 190 Å². The number of carbonyl (C=O) groups excluding carboxylic acids is 2. The lowest BCUT2D eigenvalue weighted by Crippen LogP contribution is -2.27. The average Bonchev–Trinajstić information content (AvgIpc) is 3.08. The van der Waals surface area contributed by atoms with Crippen LogP contribution < -0.4 is 10.6 Å². The number of hydrogen-bond donors (Lipinski definition) is 2. The van der Waals surface area contributed by atoms with E-state index in [-0.39, 0.29) is 18.2 Å². The van der Waals surface area contributed by atoms with Crippen LogP contribution in [0.1, 0.15) is 44.4 Å². The van der Waals surface area contributed by atoms with Gasteiger partial charge in [-0.15, -0.1) is 0 Å². The predicted octanol–water partition coefficient (Wildman–Crippen LogP) is 5.04. The fraction of sp³-hybridized carbons (Fsp3) is 0.346. The molecule has 1 aromatic heterocycles. The summed E-state index contributed by atoms with van der Waals surface area (Å²) in [6, 6.07) is 18.0. The van der Waals surface area contributed by atoms with Gasteiger partial charge >= 0.3 is 0 Å². The summed E-state index contributed by atoms with van der Waals surface area (Å²) in [6.45, 7) is 8.74. The maximum atomic E-state index is 12.8. The second kappa shape index (κ2) is 10.8. The molecule has 0 spiro atoms. The van der Waals surface area contributed by atoms with Crippen LogP contribution in [0.5, 0.6) is 0 Å². The standard InChI is InChI=1S/C26H32N4O2/c1-18(2)17-27-23(31)14-9-15-24(32)28-26-25(21-11-6-5-7-12-21)20(4)29-30(26)22-13-8-10-19(3)16-22/h5-8,10-13,16,18H,9,14-15,17H2,1-4H3,(H,27,31)(H,28,32). The molecule has 0 aliphatic heterocycles. The van der Waals surface area contributed by atoms with Gasteiger partial charge in [-0.25, -0.2) is 4.68 Å². The molecule has 0 radical (unpaired) electrons. The van der Waals surface area contributed by atoms with Crippen molar-refractivity contribution in [2.75, 3.05) is 11.9 Å². The minimum atomic E-state index is -0.132. The van der Waals surface area contributed by atoms with E-state index in [1.165, 1.54) is 0 Å². The summed E-state index contributed by atoms with van der Waals surface area (Å²) < 4.78 is 1.79. The van der Waals surface area contributed by atoms with Crippen LogP contribution >= 0.6 is 0 Å². The minimum absolute atomic E-state index is 0.0166. The van der Waals surface area contributed by atoms with Crippen LogP contribution in [0.2, 0.25) is 0 Å². The lowest BCUT2D eigenvalue weighted by Gasteiger charge is -2.12. The number of nitrogens with one attached hydrogen (secondary N) is 2. The van der Waals surface area contributed by atoms with E-state index in [0.717, 1.165) is 28.1 Å². The molecule has 2 N–H and O–H groups in total. The minimum Gasteiger partial charge on any atom is -0.356 e. The van der Waals surface area contributed by atoms with Crippen LogP contribution in [0.4, 0.5) is 5.82 Å². The number of benzene rings is 2. The summed E-state index contributed by atoms with van der Waals surface area (Å²) >= 11 is 0. The number of hydrogen-bond acceptors (Lipinski definition) is 3. The van der Waals surface area contributed by atoms with E-state index in [9.17, 15) is 9.59 Å². The summed E-state index contributed by atoms with van der Waals surface area (Å²) in [7, 11) is 0. The highest BCUT2D eigenvalue weighted by Gasteiger charge is 2.20. The number of nitrogens with zero attached hydrogens (tertiary/aromatic N) is 2. The molecular formula is C26H32N4O2. The van der Waals surface area contributed by atoms with Crippen LogP contribution in [-0.4, -0.2) is 28.1 Å². The molecule has 2 aromatic carbocycles. The third kappa shape index (κ3) is 6.06. The van der Waals surface area contributed by atoms with Crippen molar-refractivity contribution < 1.29 is 9.59 Å². The Morgan fingerprint density at radius 2 is 1.69 bits per heavy atom. The van der Waals surface area contributed by atoms with Crippen molar-refractivity contribution in [2.45, 2.75) is 47.0 Å². The van der Waals surface area contributed by atoms with E-state index in [4.69, 9.17) is 5.10 Å². The zero-order chi connectivity index (χ0) is 23.1. The van der Waals surface area contributed by atoms with Gasteiger partial charge in [0.15, 0.2) is 0 Å². The van der Waals surface area contributed by atoms with E-state index in [1.54, 1.807) is 4.68 Å². The second-order valence-electron chi connectivity index (χ2n) is 8.53. The predicted molar refractivity (Wildman–Crippen MR) is 129 cm³/mol. The highest BCUT2D eigenvalue weighted by molar-refractivity contribution is 5.95. The molecule has 0 atom stereocenters. The van der Waals surface area contributed by atoms with Crippen LogP contribution in [0.25, 0.3) is 16.8 Å². The third-order valence-corrected chi connectivity index (χ3v) is 5.14. The largest absolute Gasteiger partial charge is 0.356 e.